The summed E-state index contributed by atoms with van der Waals surface area (Å²) in [6.07, 6.45) is 1.14. The Balaban J connectivity index is 2.25. The van der Waals surface area contributed by atoms with Crippen LogP contribution in [0.3, 0.4) is 0 Å². The molecule has 0 radical (unpaired) electrons. The molecule has 1 aromatic rings. The number of hydrogen-bond donors (Lipinski definition) is 0. The minimum atomic E-state index is -0.443. The van der Waals surface area contributed by atoms with Crippen molar-refractivity contribution in [1.82, 2.24) is 4.98 Å². The van der Waals surface area contributed by atoms with Crippen LogP contribution in [0.15, 0.2) is 12.1 Å². The van der Waals surface area contributed by atoms with E-state index >= 15 is 0 Å². The molecule has 1 saturated heterocycles. The fourth-order valence-electron chi connectivity index (χ4n) is 2.11. The standard InChI is InChI=1S/C15H21BN2O2/c1-11-8-9-13(18-12(11)7-6-10-17)16-19-14(2,3)15(4,5)20-16/h8-9H,6-7H2,1-5H3. The predicted molar refractivity (Wildman–Crippen MR) is 78.6 cm³/mol. The van der Waals surface area contributed by atoms with E-state index in [1.54, 1.807) is 0 Å². The van der Waals surface area contributed by atoms with Crippen molar-refractivity contribution >= 4 is 12.7 Å². The van der Waals surface area contributed by atoms with Gasteiger partial charge in [0.15, 0.2) is 0 Å². The van der Waals surface area contributed by atoms with Crippen LogP contribution in [-0.2, 0) is 15.7 Å². The smallest absolute Gasteiger partial charge is 0.398 e. The lowest BCUT2D eigenvalue weighted by Gasteiger charge is -2.32. The Hall–Kier alpha value is -1.38. The van der Waals surface area contributed by atoms with Crippen LogP contribution in [0.2, 0.25) is 0 Å². The van der Waals surface area contributed by atoms with E-state index in [0.717, 1.165) is 16.9 Å². The molecule has 0 spiro atoms. The van der Waals surface area contributed by atoms with Crippen LogP contribution in [0.4, 0.5) is 0 Å². The largest absolute Gasteiger partial charge is 0.514 e. The molecule has 0 aliphatic carbocycles. The average Bonchev–Trinajstić information content (AvgIpc) is 2.57. The molecular formula is C15H21BN2O2. The monoisotopic (exact) mass is 272 g/mol. The van der Waals surface area contributed by atoms with Gasteiger partial charge in [0.25, 0.3) is 0 Å². The first-order chi connectivity index (χ1) is 9.27. The van der Waals surface area contributed by atoms with E-state index in [0.29, 0.717) is 12.8 Å². The van der Waals surface area contributed by atoms with Crippen LogP contribution in [0.1, 0.15) is 45.4 Å². The van der Waals surface area contributed by atoms with Gasteiger partial charge in [-0.15, -0.1) is 0 Å². The number of nitrogens with zero attached hydrogens (tertiary/aromatic N) is 2. The first-order valence-corrected chi connectivity index (χ1v) is 6.96. The zero-order valence-electron chi connectivity index (χ0n) is 12.9. The second-order valence-electron chi connectivity index (χ2n) is 6.25. The van der Waals surface area contributed by atoms with E-state index in [2.05, 4.69) is 11.1 Å². The Morgan fingerprint density at radius 1 is 1.20 bits per heavy atom. The average molecular weight is 272 g/mol. The Kier molecular flexibility index (Phi) is 3.90. The highest BCUT2D eigenvalue weighted by molar-refractivity contribution is 6.61. The fraction of sp³-hybridized carbons (Fsp3) is 0.600. The number of nitriles is 1. The lowest BCUT2D eigenvalue weighted by atomic mass is 9.83. The molecule has 0 unspecified atom stereocenters. The molecule has 2 rings (SSSR count). The van der Waals surface area contributed by atoms with Crippen molar-refractivity contribution in [2.45, 2.75) is 58.7 Å². The molecule has 5 heteroatoms. The highest BCUT2D eigenvalue weighted by Gasteiger charge is 2.52. The summed E-state index contributed by atoms with van der Waals surface area (Å²) in [5, 5.41) is 8.71. The van der Waals surface area contributed by atoms with Crippen LogP contribution in [-0.4, -0.2) is 23.3 Å². The molecular weight excluding hydrogens is 251 g/mol. The van der Waals surface area contributed by atoms with E-state index in [4.69, 9.17) is 14.6 Å². The van der Waals surface area contributed by atoms with Crippen molar-refractivity contribution in [1.29, 1.82) is 5.26 Å². The Morgan fingerprint density at radius 2 is 1.80 bits per heavy atom. The minimum Gasteiger partial charge on any atom is -0.398 e. The second kappa shape index (κ2) is 5.19. The van der Waals surface area contributed by atoms with Gasteiger partial charge < -0.3 is 9.31 Å². The van der Waals surface area contributed by atoms with Gasteiger partial charge in [-0.05, 0) is 46.2 Å². The van der Waals surface area contributed by atoms with Gasteiger partial charge in [-0.25, -0.2) is 0 Å². The Morgan fingerprint density at radius 3 is 2.35 bits per heavy atom. The van der Waals surface area contributed by atoms with Crippen LogP contribution in [0.5, 0.6) is 0 Å². The lowest BCUT2D eigenvalue weighted by molar-refractivity contribution is 0.00578. The molecule has 0 N–H and O–H groups in total. The molecule has 0 bridgehead atoms. The fourth-order valence-corrected chi connectivity index (χ4v) is 2.11. The number of aromatic nitrogens is 1. The van der Waals surface area contributed by atoms with Gasteiger partial charge >= 0.3 is 7.12 Å². The van der Waals surface area contributed by atoms with Gasteiger partial charge in [0.1, 0.15) is 0 Å². The third-order valence-corrected chi connectivity index (χ3v) is 4.19. The minimum absolute atomic E-state index is 0.364. The summed E-state index contributed by atoms with van der Waals surface area (Å²) in [6.45, 7) is 10.1. The molecule has 2 heterocycles. The number of pyridine rings is 1. The third kappa shape index (κ3) is 2.72. The van der Waals surface area contributed by atoms with Crippen LogP contribution >= 0.6 is 0 Å². The zero-order chi connectivity index (χ0) is 15.0. The third-order valence-electron chi connectivity index (χ3n) is 4.19. The summed E-state index contributed by atoms with van der Waals surface area (Å²) in [4.78, 5) is 4.62. The maximum atomic E-state index is 8.71. The quantitative estimate of drug-likeness (QED) is 0.791. The highest BCUT2D eigenvalue weighted by atomic mass is 16.7. The maximum Gasteiger partial charge on any atom is 0.514 e. The van der Waals surface area contributed by atoms with Crippen LogP contribution < -0.4 is 5.59 Å². The summed E-state index contributed by atoms with van der Waals surface area (Å²) in [7, 11) is -0.443. The molecule has 1 aliphatic rings. The van der Waals surface area contributed by atoms with Crippen molar-refractivity contribution in [3.8, 4) is 6.07 Å². The summed E-state index contributed by atoms with van der Waals surface area (Å²) < 4.78 is 12.0. The molecule has 1 aliphatic heterocycles. The summed E-state index contributed by atoms with van der Waals surface area (Å²) in [6, 6.07) is 6.11. The Labute approximate surface area is 121 Å². The molecule has 20 heavy (non-hydrogen) atoms. The Bertz CT molecular complexity index is 533. The molecule has 1 aromatic heterocycles. The van der Waals surface area contributed by atoms with E-state index in [1.165, 1.54) is 0 Å². The topological polar surface area (TPSA) is 55.1 Å². The molecule has 0 atom stereocenters. The van der Waals surface area contributed by atoms with Gasteiger partial charge in [0.2, 0.25) is 0 Å². The number of aryl methyl sites for hydroxylation is 2. The van der Waals surface area contributed by atoms with Crippen LogP contribution in [0, 0.1) is 18.3 Å². The van der Waals surface area contributed by atoms with Crippen molar-refractivity contribution in [3.63, 3.8) is 0 Å². The van der Waals surface area contributed by atoms with Gasteiger partial charge in [0, 0.05) is 18.5 Å². The number of hydrogen-bond acceptors (Lipinski definition) is 4. The van der Waals surface area contributed by atoms with E-state index in [1.807, 2.05) is 46.8 Å². The summed E-state index contributed by atoms with van der Waals surface area (Å²) >= 11 is 0. The molecule has 106 valence electrons. The van der Waals surface area contributed by atoms with Crippen LogP contribution in [0.25, 0.3) is 0 Å². The molecule has 0 aromatic carbocycles. The molecule has 0 saturated carbocycles. The first kappa shape index (κ1) is 15.0. The van der Waals surface area contributed by atoms with E-state index in [9.17, 15) is 0 Å². The summed E-state index contributed by atoms with van der Waals surface area (Å²) in [5.41, 5.74) is 2.09. The lowest BCUT2D eigenvalue weighted by Crippen LogP contribution is -2.41. The van der Waals surface area contributed by atoms with Gasteiger partial charge in [-0.3, -0.25) is 4.98 Å². The van der Waals surface area contributed by atoms with Crippen molar-refractivity contribution < 1.29 is 9.31 Å². The molecule has 1 fully saturated rings. The molecule has 0 amide bonds. The normalized spacial score (nSPS) is 19.9. The van der Waals surface area contributed by atoms with Crippen molar-refractivity contribution in [2.75, 3.05) is 0 Å². The zero-order valence-corrected chi connectivity index (χ0v) is 12.9. The van der Waals surface area contributed by atoms with E-state index in [-0.39, 0.29) is 11.2 Å². The van der Waals surface area contributed by atoms with Gasteiger partial charge in [-0.2, -0.15) is 5.26 Å². The second-order valence-corrected chi connectivity index (χ2v) is 6.25. The number of rotatable bonds is 3. The van der Waals surface area contributed by atoms with Gasteiger partial charge in [-0.1, -0.05) is 6.07 Å². The summed E-state index contributed by atoms with van der Waals surface area (Å²) in [5.74, 6) is 0. The highest BCUT2D eigenvalue weighted by Crippen LogP contribution is 2.36. The van der Waals surface area contributed by atoms with Gasteiger partial charge in [0.05, 0.1) is 22.9 Å². The maximum absolute atomic E-state index is 8.71. The predicted octanol–water partition coefficient (Wildman–Crippen LogP) is 2.15. The van der Waals surface area contributed by atoms with Crippen molar-refractivity contribution in [3.05, 3.63) is 23.4 Å². The van der Waals surface area contributed by atoms with Crippen molar-refractivity contribution in [2.24, 2.45) is 0 Å². The molecule has 4 nitrogen and oxygen atoms in total. The van der Waals surface area contributed by atoms with E-state index < -0.39 is 7.12 Å². The SMILES string of the molecule is Cc1ccc(B2OC(C)(C)C(C)(C)O2)nc1CCC#N. The first-order valence-electron chi connectivity index (χ1n) is 6.96.